The Balaban J connectivity index is 1.68. The van der Waals surface area contributed by atoms with E-state index in [1.807, 2.05) is 11.8 Å². The Morgan fingerprint density at radius 3 is 2.91 bits per heavy atom. The maximum absolute atomic E-state index is 14.4. The molecule has 0 fully saturated rings. The summed E-state index contributed by atoms with van der Waals surface area (Å²) in [5.41, 5.74) is 10.8. The number of benzene rings is 1. The van der Waals surface area contributed by atoms with Crippen LogP contribution in [0, 0.1) is 15.9 Å². The molecule has 1 aromatic heterocycles. The highest BCUT2D eigenvalue weighted by Crippen LogP contribution is 2.42. The Kier molecular flexibility index (Phi) is 5.15. The molecule has 1 amide bonds. The first kappa shape index (κ1) is 21.4. The number of nitro groups is 1. The van der Waals surface area contributed by atoms with Gasteiger partial charge in [-0.2, -0.15) is 0 Å². The molecule has 3 heterocycles. The van der Waals surface area contributed by atoms with E-state index in [-0.39, 0.29) is 43.1 Å². The molecule has 4 N–H and O–H groups in total. The molecule has 2 aromatic rings. The molecule has 0 aliphatic carbocycles. The molecule has 1 unspecified atom stereocenters. The number of ether oxygens (including phenoxy) is 3. The number of hydrogen-bond donors (Lipinski definition) is 2. The second-order valence-corrected chi connectivity index (χ2v) is 8.15. The lowest BCUT2D eigenvalue weighted by Crippen LogP contribution is -2.41. The van der Waals surface area contributed by atoms with Crippen LogP contribution in [0.4, 0.5) is 26.5 Å². The van der Waals surface area contributed by atoms with Crippen LogP contribution < -0.4 is 25.8 Å². The molecule has 11 nitrogen and oxygen atoms in total. The maximum Gasteiger partial charge on any atom is 0.404 e. The highest BCUT2D eigenvalue weighted by atomic mass is 19.1. The molecule has 2 aliphatic rings. The molecule has 4 rings (SSSR count). The number of carbonyl (C=O) groups excluding carboxylic acids is 1. The summed E-state index contributed by atoms with van der Waals surface area (Å²) >= 11 is 0. The normalized spacial score (nSPS) is 21.2. The third-order valence-electron chi connectivity index (χ3n) is 5.44. The summed E-state index contributed by atoms with van der Waals surface area (Å²) in [6, 6.07) is 3.79. The van der Waals surface area contributed by atoms with Crippen LogP contribution in [-0.2, 0) is 17.7 Å². The van der Waals surface area contributed by atoms with Gasteiger partial charge in [0, 0.05) is 24.1 Å². The van der Waals surface area contributed by atoms with Crippen molar-refractivity contribution in [2.24, 2.45) is 5.73 Å². The largest absolute Gasteiger partial charge is 0.487 e. The Hall–Kier alpha value is -3.83. The van der Waals surface area contributed by atoms with E-state index in [1.165, 1.54) is 18.2 Å². The van der Waals surface area contributed by atoms with Gasteiger partial charge in [0.05, 0.1) is 17.0 Å². The maximum atomic E-state index is 14.4. The monoisotopic (exact) mass is 447 g/mol. The zero-order valence-electron chi connectivity index (χ0n) is 17.5. The van der Waals surface area contributed by atoms with Crippen molar-refractivity contribution >= 4 is 23.4 Å². The SMILES string of the molecule is C[C@@H]1COc2cc([N+](=O)[O-])c(N)nc2N1Cc1cc(F)cc2c1OC(C)(COC(N)=O)C2. The van der Waals surface area contributed by atoms with Gasteiger partial charge in [0.25, 0.3) is 0 Å². The van der Waals surface area contributed by atoms with Gasteiger partial charge >= 0.3 is 11.8 Å². The fraction of sp³-hybridized carbons (Fsp3) is 0.400. The van der Waals surface area contributed by atoms with E-state index in [2.05, 4.69) is 4.98 Å². The van der Waals surface area contributed by atoms with Gasteiger partial charge in [0.1, 0.15) is 30.4 Å². The molecule has 170 valence electrons. The topological polar surface area (TPSA) is 156 Å². The summed E-state index contributed by atoms with van der Waals surface area (Å²) in [5.74, 6) is 0.338. The van der Waals surface area contributed by atoms with Crippen LogP contribution in [0.3, 0.4) is 0 Å². The molecule has 12 heteroatoms. The average molecular weight is 447 g/mol. The molecule has 2 aliphatic heterocycles. The van der Waals surface area contributed by atoms with Crippen LogP contribution in [0.25, 0.3) is 0 Å². The van der Waals surface area contributed by atoms with Crippen LogP contribution in [0.2, 0.25) is 0 Å². The van der Waals surface area contributed by atoms with Gasteiger partial charge in [-0.3, -0.25) is 10.1 Å². The van der Waals surface area contributed by atoms with E-state index in [0.29, 0.717) is 29.1 Å². The van der Waals surface area contributed by atoms with Gasteiger partial charge in [0.15, 0.2) is 11.6 Å². The number of primary amides is 1. The summed E-state index contributed by atoms with van der Waals surface area (Å²) in [6.07, 6.45) is -0.596. The van der Waals surface area contributed by atoms with Crippen LogP contribution in [0.1, 0.15) is 25.0 Å². The number of aromatic nitrogens is 1. The molecule has 1 aromatic carbocycles. The zero-order valence-corrected chi connectivity index (χ0v) is 17.5. The highest BCUT2D eigenvalue weighted by molar-refractivity contribution is 5.67. The first-order valence-electron chi connectivity index (χ1n) is 9.83. The minimum atomic E-state index is -0.923. The van der Waals surface area contributed by atoms with E-state index < -0.39 is 22.4 Å². The predicted molar refractivity (Wildman–Crippen MR) is 111 cm³/mol. The number of anilines is 2. The number of amides is 1. The highest BCUT2D eigenvalue weighted by Gasteiger charge is 2.39. The lowest BCUT2D eigenvalue weighted by Gasteiger charge is -2.36. The molecule has 0 bridgehead atoms. The van der Waals surface area contributed by atoms with E-state index in [4.69, 9.17) is 25.7 Å². The number of halogens is 1. The first-order valence-corrected chi connectivity index (χ1v) is 9.83. The van der Waals surface area contributed by atoms with Gasteiger partial charge in [-0.15, -0.1) is 0 Å². The lowest BCUT2D eigenvalue weighted by atomic mass is 9.99. The summed E-state index contributed by atoms with van der Waals surface area (Å²) in [4.78, 5) is 27.6. The minimum absolute atomic E-state index is 0.0867. The van der Waals surface area contributed by atoms with Crippen LogP contribution in [0.5, 0.6) is 11.5 Å². The van der Waals surface area contributed by atoms with Crippen LogP contribution in [0.15, 0.2) is 18.2 Å². The van der Waals surface area contributed by atoms with Crippen molar-refractivity contribution in [2.45, 2.75) is 38.5 Å². The molecular weight excluding hydrogens is 425 g/mol. The number of fused-ring (bicyclic) bond motifs is 2. The third kappa shape index (κ3) is 3.90. The molecule has 0 radical (unpaired) electrons. The molecule has 32 heavy (non-hydrogen) atoms. The first-order chi connectivity index (χ1) is 15.1. The predicted octanol–water partition coefficient (Wildman–Crippen LogP) is 2.29. The second-order valence-electron chi connectivity index (χ2n) is 8.15. The van der Waals surface area contributed by atoms with E-state index in [0.717, 1.165) is 0 Å². The number of rotatable bonds is 5. The van der Waals surface area contributed by atoms with Crippen molar-refractivity contribution in [3.8, 4) is 11.5 Å². The zero-order chi connectivity index (χ0) is 23.2. The summed E-state index contributed by atoms with van der Waals surface area (Å²) in [7, 11) is 0. The smallest absolute Gasteiger partial charge is 0.404 e. The van der Waals surface area contributed by atoms with Crippen molar-refractivity contribution in [3.05, 3.63) is 45.3 Å². The number of nitrogen functional groups attached to an aromatic ring is 1. The van der Waals surface area contributed by atoms with Gasteiger partial charge in [-0.25, -0.2) is 14.2 Å². The molecule has 0 saturated heterocycles. The molecule has 0 saturated carbocycles. The summed E-state index contributed by atoms with van der Waals surface area (Å²) in [6.45, 7) is 3.97. The van der Waals surface area contributed by atoms with Crippen molar-refractivity contribution in [1.29, 1.82) is 0 Å². The van der Waals surface area contributed by atoms with Gasteiger partial charge < -0.3 is 30.6 Å². The van der Waals surface area contributed by atoms with Gasteiger partial charge in [-0.05, 0) is 26.0 Å². The molecular formula is C20H22FN5O6. The number of hydrogen-bond acceptors (Lipinski definition) is 9. The Morgan fingerprint density at radius 1 is 1.47 bits per heavy atom. The third-order valence-corrected chi connectivity index (χ3v) is 5.44. The number of nitrogens with two attached hydrogens (primary N) is 2. The van der Waals surface area contributed by atoms with Crippen molar-refractivity contribution in [1.82, 2.24) is 4.98 Å². The fourth-order valence-corrected chi connectivity index (χ4v) is 3.95. The molecule has 2 atom stereocenters. The fourth-order valence-electron chi connectivity index (χ4n) is 3.95. The minimum Gasteiger partial charge on any atom is -0.487 e. The van der Waals surface area contributed by atoms with Crippen molar-refractivity contribution < 1.29 is 28.3 Å². The second kappa shape index (κ2) is 7.70. The number of pyridine rings is 1. The van der Waals surface area contributed by atoms with Gasteiger partial charge in [-0.1, -0.05) is 0 Å². The Labute approximate surface area is 182 Å². The lowest BCUT2D eigenvalue weighted by molar-refractivity contribution is -0.384. The van der Waals surface area contributed by atoms with Crippen molar-refractivity contribution in [2.75, 3.05) is 23.8 Å². The van der Waals surface area contributed by atoms with E-state index in [9.17, 15) is 19.3 Å². The molecule has 0 spiro atoms. The summed E-state index contributed by atoms with van der Waals surface area (Å²) < 4.78 is 31.0. The number of carbonyl (C=O) groups is 1. The quantitative estimate of drug-likeness (QED) is 0.518. The van der Waals surface area contributed by atoms with E-state index >= 15 is 0 Å². The van der Waals surface area contributed by atoms with Crippen molar-refractivity contribution in [3.63, 3.8) is 0 Å². The van der Waals surface area contributed by atoms with Gasteiger partial charge in [0.2, 0.25) is 5.82 Å². The van der Waals surface area contributed by atoms with Crippen LogP contribution >= 0.6 is 0 Å². The van der Waals surface area contributed by atoms with Crippen LogP contribution in [-0.4, -0.2) is 40.9 Å². The Bertz CT molecular complexity index is 1110. The summed E-state index contributed by atoms with van der Waals surface area (Å²) in [5, 5.41) is 11.2. The standard InChI is InChI=1S/C20H22FN5O6/c1-10-8-30-15-5-14(26(28)29)17(22)24-18(15)25(10)7-12-4-13(21)3-11-6-20(2,32-16(11)12)9-31-19(23)27/h3-5,10H,6-9H2,1-2H3,(H2,22,24)(H2,23,27)/t10-,20?/m1/s1. The Morgan fingerprint density at radius 2 is 2.22 bits per heavy atom. The number of nitrogens with zero attached hydrogens (tertiary/aromatic N) is 3. The van der Waals surface area contributed by atoms with E-state index in [1.54, 1.807) is 6.92 Å². The average Bonchev–Trinajstić information content (AvgIpc) is 3.05.